The van der Waals surface area contributed by atoms with Crippen molar-refractivity contribution >= 4 is 27.4 Å². The Morgan fingerprint density at radius 3 is 2.89 bits per heavy atom. The van der Waals surface area contributed by atoms with Gasteiger partial charge in [0.15, 0.2) is 11.5 Å². The molecule has 4 heterocycles. The summed E-state index contributed by atoms with van der Waals surface area (Å²) in [6.07, 6.45) is 4.49. The fourth-order valence-electron chi connectivity index (χ4n) is 3.28. The van der Waals surface area contributed by atoms with Gasteiger partial charge in [-0.15, -0.1) is 11.3 Å². The lowest BCUT2D eigenvalue weighted by atomic mass is 10.1. The highest BCUT2D eigenvalue weighted by molar-refractivity contribution is 7.18. The number of hydrogen-bond acceptors (Lipinski definition) is 7. The Bertz CT molecular complexity index is 1170. The van der Waals surface area contributed by atoms with Crippen LogP contribution in [0.15, 0.2) is 36.7 Å². The van der Waals surface area contributed by atoms with Crippen molar-refractivity contribution in [1.29, 1.82) is 0 Å². The maximum Gasteiger partial charge on any atom is 0.238 e. The SMILES string of the molecule is Cc1cc2c(NCCc3ccc4c(c3)OCO4)nc(-n3ccnc3C)nc2s1. The Hall–Kier alpha value is -3.13. The summed E-state index contributed by atoms with van der Waals surface area (Å²) < 4.78 is 12.7. The highest BCUT2D eigenvalue weighted by atomic mass is 32.1. The maximum atomic E-state index is 5.46. The van der Waals surface area contributed by atoms with Crippen LogP contribution in [0.25, 0.3) is 16.2 Å². The van der Waals surface area contributed by atoms with Gasteiger partial charge in [-0.2, -0.15) is 4.98 Å². The molecule has 0 aliphatic carbocycles. The van der Waals surface area contributed by atoms with Crippen LogP contribution in [0.5, 0.6) is 11.5 Å². The number of aryl methyl sites for hydroxylation is 2. The zero-order chi connectivity index (χ0) is 19.1. The molecule has 142 valence electrons. The van der Waals surface area contributed by atoms with Gasteiger partial charge >= 0.3 is 0 Å². The zero-order valence-electron chi connectivity index (χ0n) is 15.6. The van der Waals surface area contributed by atoms with E-state index in [0.717, 1.165) is 46.3 Å². The number of anilines is 1. The van der Waals surface area contributed by atoms with E-state index in [0.29, 0.717) is 12.7 Å². The van der Waals surface area contributed by atoms with Crippen molar-refractivity contribution in [2.24, 2.45) is 0 Å². The summed E-state index contributed by atoms with van der Waals surface area (Å²) in [7, 11) is 0. The fourth-order valence-corrected chi connectivity index (χ4v) is 4.16. The van der Waals surface area contributed by atoms with Gasteiger partial charge in [0.2, 0.25) is 12.7 Å². The number of nitrogens with zero attached hydrogens (tertiary/aromatic N) is 4. The van der Waals surface area contributed by atoms with Crippen molar-refractivity contribution in [1.82, 2.24) is 19.5 Å². The van der Waals surface area contributed by atoms with Crippen LogP contribution in [0, 0.1) is 13.8 Å². The molecule has 28 heavy (non-hydrogen) atoms. The Morgan fingerprint density at radius 2 is 2.04 bits per heavy atom. The predicted octanol–water partition coefficient (Wildman–Crippen LogP) is 3.88. The third-order valence-electron chi connectivity index (χ3n) is 4.69. The number of thiophene rings is 1. The lowest BCUT2D eigenvalue weighted by molar-refractivity contribution is 0.174. The standard InChI is InChI=1S/C20H19N5O2S/c1-12-9-15-18(22-6-5-14-3-4-16-17(10-14)27-11-26-16)23-20(24-19(15)28-12)25-8-7-21-13(25)2/h3-4,7-10H,5-6,11H2,1-2H3,(H,22,23,24). The number of imidazole rings is 1. The summed E-state index contributed by atoms with van der Waals surface area (Å²) in [5.74, 6) is 3.96. The van der Waals surface area contributed by atoms with Crippen LogP contribution in [-0.2, 0) is 6.42 Å². The second-order valence-corrected chi connectivity index (χ2v) is 7.89. The van der Waals surface area contributed by atoms with Crippen molar-refractivity contribution in [3.63, 3.8) is 0 Å². The molecule has 0 fully saturated rings. The van der Waals surface area contributed by atoms with Gasteiger partial charge in [0.25, 0.3) is 0 Å². The van der Waals surface area contributed by atoms with Gasteiger partial charge in [-0.25, -0.2) is 9.97 Å². The van der Waals surface area contributed by atoms with E-state index in [4.69, 9.17) is 19.4 Å². The number of aromatic nitrogens is 4. The molecule has 1 aliphatic heterocycles. The third-order valence-corrected chi connectivity index (χ3v) is 5.63. The number of benzene rings is 1. The molecule has 0 bridgehead atoms. The Labute approximate surface area is 166 Å². The van der Waals surface area contributed by atoms with E-state index in [9.17, 15) is 0 Å². The first-order valence-electron chi connectivity index (χ1n) is 9.08. The number of ether oxygens (including phenoxy) is 2. The van der Waals surface area contributed by atoms with Gasteiger partial charge < -0.3 is 14.8 Å². The monoisotopic (exact) mass is 393 g/mol. The number of hydrogen-bond donors (Lipinski definition) is 1. The van der Waals surface area contributed by atoms with E-state index in [-0.39, 0.29) is 0 Å². The van der Waals surface area contributed by atoms with Crippen molar-refractivity contribution < 1.29 is 9.47 Å². The summed E-state index contributed by atoms with van der Waals surface area (Å²) in [5, 5.41) is 4.54. The molecule has 0 saturated carbocycles. The molecule has 3 aromatic heterocycles. The van der Waals surface area contributed by atoms with E-state index >= 15 is 0 Å². The largest absolute Gasteiger partial charge is 0.454 e. The molecule has 1 aromatic carbocycles. The smallest absolute Gasteiger partial charge is 0.238 e. The van der Waals surface area contributed by atoms with Crippen LogP contribution in [0.1, 0.15) is 16.3 Å². The molecule has 5 rings (SSSR count). The van der Waals surface area contributed by atoms with Crippen LogP contribution in [0.4, 0.5) is 5.82 Å². The topological polar surface area (TPSA) is 74.1 Å². The third kappa shape index (κ3) is 3.05. The second kappa shape index (κ2) is 6.79. The predicted molar refractivity (Wildman–Crippen MR) is 109 cm³/mol. The van der Waals surface area contributed by atoms with Gasteiger partial charge in [-0.1, -0.05) is 6.07 Å². The van der Waals surface area contributed by atoms with Crippen molar-refractivity contribution in [2.75, 3.05) is 18.7 Å². The molecule has 4 aromatic rings. The normalized spacial score (nSPS) is 12.6. The molecule has 0 amide bonds. The molecule has 0 atom stereocenters. The average Bonchev–Trinajstić information content (AvgIpc) is 3.39. The zero-order valence-corrected chi connectivity index (χ0v) is 16.4. The Morgan fingerprint density at radius 1 is 1.14 bits per heavy atom. The summed E-state index contributed by atoms with van der Waals surface area (Å²) in [6.45, 7) is 5.08. The van der Waals surface area contributed by atoms with Crippen LogP contribution >= 0.6 is 11.3 Å². The molecular weight excluding hydrogens is 374 g/mol. The van der Waals surface area contributed by atoms with Gasteiger partial charge in [-0.3, -0.25) is 4.57 Å². The van der Waals surface area contributed by atoms with Crippen molar-refractivity contribution in [3.8, 4) is 17.4 Å². The maximum absolute atomic E-state index is 5.46. The summed E-state index contributed by atoms with van der Waals surface area (Å²) in [5.41, 5.74) is 1.19. The molecule has 0 spiro atoms. The van der Waals surface area contributed by atoms with Gasteiger partial charge in [-0.05, 0) is 44.0 Å². The summed E-state index contributed by atoms with van der Waals surface area (Å²) in [4.78, 5) is 16.0. The Balaban J connectivity index is 1.41. The molecule has 0 saturated heterocycles. The first-order valence-corrected chi connectivity index (χ1v) is 9.90. The van der Waals surface area contributed by atoms with Crippen LogP contribution in [-0.4, -0.2) is 32.9 Å². The second-order valence-electron chi connectivity index (χ2n) is 6.66. The lowest BCUT2D eigenvalue weighted by Gasteiger charge is -2.10. The van der Waals surface area contributed by atoms with Crippen LogP contribution in [0.3, 0.4) is 0 Å². The number of rotatable bonds is 5. The van der Waals surface area contributed by atoms with Gasteiger partial charge in [0, 0.05) is 23.8 Å². The fraction of sp³-hybridized carbons (Fsp3) is 0.250. The van der Waals surface area contributed by atoms with E-state index in [1.165, 1.54) is 10.4 Å². The van der Waals surface area contributed by atoms with Crippen molar-refractivity contribution in [2.45, 2.75) is 20.3 Å². The lowest BCUT2D eigenvalue weighted by Crippen LogP contribution is -2.10. The number of nitrogens with one attached hydrogen (secondary N) is 1. The van der Waals surface area contributed by atoms with E-state index in [1.807, 2.05) is 29.8 Å². The minimum Gasteiger partial charge on any atom is -0.454 e. The van der Waals surface area contributed by atoms with Crippen LogP contribution in [0.2, 0.25) is 0 Å². The minimum atomic E-state index is 0.296. The highest BCUT2D eigenvalue weighted by Gasteiger charge is 2.15. The summed E-state index contributed by atoms with van der Waals surface area (Å²) >= 11 is 1.67. The van der Waals surface area contributed by atoms with Gasteiger partial charge in [0.1, 0.15) is 16.5 Å². The number of fused-ring (bicyclic) bond motifs is 2. The molecule has 0 unspecified atom stereocenters. The molecule has 7 nitrogen and oxygen atoms in total. The van der Waals surface area contributed by atoms with Gasteiger partial charge in [0.05, 0.1) is 5.39 Å². The molecule has 1 aliphatic rings. The first kappa shape index (κ1) is 17.0. The highest BCUT2D eigenvalue weighted by Crippen LogP contribution is 2.33. The minimum absolute atomic E-state index is 0.296. The van der Waals surface area contributed by atoms with E-state index < -0.39 is 0 Å². The molecule has 8 heteroatoms. The molecule has 1 N–H and O–H groups in total. The molecule has 0 radical (unpaired) electrons. The van der Waals surface area contributed by atoms with Crippen molar-refractivity contribution in [3.05, 3.63) is 52.9 Å². The quantitative estimate of drug-likeness (QED) is 0.555. The molecular formula is C20H19N5O2S. The summed E-state index contributed by atoms with van der Waals surface area (Å²) in [6, 6.07) is 8.20. The average molecular weight is 393 g/mol. The van der Waals surface area contributed by atoms with Crippen LogP contribution < -0.4 is 14.8 Å². The first-order chi connectivity index (χ1) is 13.7. The van der Waals surface area contributed by atoms with E-state index in [1.54, 1.807) is 17.5 Å². The van der Waals surface area contributed by atoms with E-state index in [2.05, 4.69) is 29.4 Å². The Kier molecular flexibility index (Phi) is 4.12.